The smallest absolute Gasteiger partial charge is 0.126 e. The lowest BCUT2D eigenvalue weighted by atomic mass is 10.0. The summed E-state index contributed by atoms with van der Waals surface area (Å²) in [5, 5.41) is 10.1. The fourth-order valence-electron chi connectivity index (χ4n) is 3.00. The highest BCUT2D eigenvalue weighted by atomic mass is 16.5. The van der Waals surface area contributed by atoms with E-state index in [1.54, 1.807) is 14.0 Å². The molecule has 1 aromatic rings. The zero-order chi connectivity index (χ0) is 14.7. The number of likely N-dealkylation sites (N-methyl/N-ethyl adjacent to an activating group) is 1. The number of hydrogen-bond donors (Lipinski definition) is 1. The minimum atomic E-state index is -0.527. The first-order valence-corrected chi connectivity index (χ1v) is 7.31. The van der Waals surface area contributed by atoms with Gasteiger partial charge in [-0.15, -0.1) is 0 Å². The molecule has 112 valence electrons. The van der Waals surface area contributed by atoms with Crippen LogP contribution in [0, 0.1) is 0 Å². The fourth-order valence-corrected chi connectivity index (χ4v) is 3.00. The Balaban J connectivity index is 2.32. The highest BCUT2D eigenvalue weighted by Crippen LogP contribution is 2.35. The molecule has 0 aromatic heterocycles. The number of nitrogens with zero attached hydrogens (tertiary/aromatic N) is 2. The lowest BCUT2D eigenvalue weighted by Gasteiger charge is -2.38. The number of methoxy groups -OCH3 is 1. The summed E-state index contributed by atoms with van der Waals surface area (Å²) in [4.78, 5) is 4.66. The molecule has 2 atom stereocenters. The van der Waals surface area contributed by atoms with Crippen LogP contribution in [0.15, 0.2) is 18.2 Å². The molecule has 1 aliphatic rings. The Bertz CT molecular complexity index is 446. The van der Waals surface area contributed by atoms with Gasteiger partial charge in [0.05, 0.1) is 13.2 Å². The van der Waals surface area contributed by atoms with Crippen molar-refractivity contribution in [1.29, 1.82) is 0 Å². The Morgan fingerprint density at radius 3 is 2.75 bits per heavy atom. The largest absolute Gasteiger partial charge is 0.496 e. The third kappa shape index (κ3) is 3.07. The van der Waals surface area contributed by atoms with Gasteiger partial charge in [-0.2, -0.15) is 0 Å². The van der Waals surface area contributed by atoms with Crippen LogP contribution in [0.3, 0.4) is 0 Å². The number of hydrogen-bond acceptors (Lipinski definition) is 4. The molecule has 1 unspecified atom stereocenters. The first-order valence-electron chi connectivity index (χ1n) is 7.31. The molecule has 1 N–H and O–H groups in total. The fraction of sp³-hybridized carbons (Fsp3) is 0.625. The Hall–Kier alpha value is -1.26. The van der Waals surface area contributed by atoms with E-state index >= 15 is 0 Å². The minimum absolute atomic E-state index is 0.527. The van der Waals surface area contributed by atoms with Crippen molar-refractivity contribution in [3.63, 3.8) is 0 Å². The van der Waals surface area contributed by atoms with Crippen LogP contribution in [0.1, 0.15) is 31.4 Å². The monoisotopic (exact) mass is 278 g/mol. The Morgan fingerprint density at radius 2 is 2.15 bits per heavy atom. The quantitative estimate of drug-likeness (QED) is 0.916. The van der Waals surface area contributed by atoms with Gasteiger partial charge in [0.1, 0.15) is 5.75 Å². The van der Waals surface area contributed by atoms with Crippen LogP contribution in [-0.2, 0) is 0 Å². The lowest BCUT2D eigenvalue weighted by molar-refractivity contribution is 0.194. The van der Waals surface area contributed by atoms with Crippen molar-refractivity contribution < 1.29 is 9.84 Å². The summed E-state index contributed by atoms with van der Waals surface area (Å²) in [6.45, 7) is 3.84. The molecular weight excluding hydrogens is 252 g/mol. The topological polar surface area (TPSA) is 35.9 Å². The highest BCUT2D eigenvalue weighted by Gasteiger charge is 2.25. The number of piperidine rings is 1. The van der Waals surface area contributed by atoms with E-state index in [4.69, 9.17) is 4.74 Å². The normalized spacial score (nSPS) is 21.1. The van der Waals surface area contributed by atoms with Crippen LogP contribution < -0.4 is 9.64 Å². The van der Waals surface area contributed by atoms with Gasteiger partial charge in [-0.05, 0) is 46.0 Å². The summed E-state index contributed by atoms with van der Waals surface area (Å²) < 4.78 is 5.42. The summed E-state index contributed by atoms with van der Waals surface area (Å²) in [5.41, 5.74) is 2.00. The second-order valence-corrected chi connectivity index (χ2v) is 5.77. The van der Waals surface area contributed by atoms with E-state index in [0.717, 1.165) is 30.1 Å². The second-order valence-electron chi connectivity index (χ2n) is 5.77. The van der Waals surface area contributed by atoms with Crippen LogP contribution in [0.25, 0.3) is 0 Å². The van der Waals surface area contributed by atoms with E-state index in [9.17, 15) is 5.11 Å². The molecule has 1 heterocycles. The molecule has 1 saturated heterocycles. The second kappa shape index (κ2) is 6.46. The molecule has 2 rings (SSSR count). The molecule has 4 nitrogen and oxygen atoms in total. The van der Waals surface area contributed by atoms with Gasteiger partial charge in [-0.25, -0.2) is 0 Å². The summed E-state index contributed by atoms with van der Waals surface area (Å²) >= 11 is 0. The summed E-state index contributed by atoms with van der Waals surface area (Å²) in [6.07, 6.45) is 1.89. The third-order valence-corrected chi connectivity index (χ3v) is 4.15. The van der Waals surface area contributed by atoms with E-state index in [1.807, 2.05) is 12.1 Å². The number of aliphatic hydroxyl groups is 1. The number of rotatable bonds is 4. The van der Waals surface area contributed by atoms with Gasteiger partial charge in [0.15, 0.2) is 0 Å². The van der Waals surface area contributed by atoms with Crippen molar-refractivity contribution in [2.45, 2.75) is 31.9 Å². The standard InChI is InChI=1S/C16H26N2O2/c1-12(19)16-14(8-5-9-15(16)20-4)18-10-6-7-13(11-18)17(2)3/h5,8-9,12-13,19H,6-7,10-11H2,1-4H3/t12-,13?/m1/s1. The number of ether oxygens (including phenoxy) is 1. The van der Waals surface area contributed by atoms with Gasteiger partial charge < -0.3 is 19.6 Å². The number of aliphatic hydroxyl groups excluding tert-OH is 1. The van der Waals surface area contributed by atoms with E-state index < -0.39 is 6.10 Å². The Labute approximate surface area is 122 Å². The summed E-state index contributed by atoms with van der Waals surface area (Å²) in [6, 6.07) is 6.57. The van der Waals surface area contributed by atoms with Crippen LogP contribution >= 0.6 is 0 Å². The average Bonchev–Trinajstić information content (AvgIpc) is 2.46. The molecule has 1 fully saturated rings. The predicted octanol–water partition coefficient (Wildman–Crippen LogP) is 2.28. The molecule has 20 heavy (non-hydrogen) atoms. The molecule has 0 saturated carbocycles. The SMILES string of the molecule is COc1cccc(N2CCCC(N(C)C)C2)c1[C@@H](C)O. The van der Waals surface area contributed by atoms with Crippen molar-refractivity contribution in [2.24, 2.45) is 0 Å². The van der Waals surface area contributed by atoms with Gasteiger partial charge in [0.2, 0.25) is 0 Å². The van der Waals surface area contributed by atoms with Crippen molar-refractivity contribution in [2.75, 3.05) is 39.2 Å². The zero-order valence-corrected chi connectivity index (χ0v) is 13.0. The van der Waals surface area contributed by atoms with Crippen LogP contribution in [-0.4, -0.2) is 50.3 Å². The lowest BCUT2D eigenvalue weighted by Crippen LogP contribution is -2.45. The minimum Gasteiger partial charge on any atom is -0.496 e. The van der Waals surface area contributed by atoms with Crippen molar-refractivity contribution in [3.8, 4) is 5.75 Å². The zero-order valence-electron chi connectivity index (χ0n) is 13.0. The van der Waals surface area contributed by atoms with Gasteiger partial charge >= 0.3 is 0 Å². The summed E-state index contributed by atoms with van der Waals surface area (Å²) in [7, 11) is 5.93. The maximum Gasteiger partial charge on any atom is 0.126 e. The van der Waals surface area contributed by atoms with Crippen LogP contribution in [0.4, 0.5) is 5.69 Å². The van der Waals surface area contributed by atoms with E-state index in [1.165, 1.54) is 12.8 Å². The molecule has 1 aromatic carbocycles. The Kier molecular flexibility index (Phi) is 4.89. The maximum atomic E-state index is 10.1. The first-order chi connectivity index (χ1) is 9.54. The highest BCUT2D eigenvalue weighted by molar-refractivity contribution is 5.60. The van der Waals surface area contributed by atoms with Gasteiger partial charge in [-0.1, -0.05) is 6.07 Å². The van der Waals surface area contributed by atoms with Gasteiger partial charge in [0, 0.05) is 30.4 Å². The third-order valence-electron chi connectivity index (χ3n) is 4.15. The van der Waals surface area contributed by atoms with Crippen molar-refractivity contribution >= 4 is 5.69 Å². The van der Waals surface area contributed by atoms with E-state index in [0.29, 0.717) is 6.04 Å². The van der Waals surface area contributed by atoms with E-state index in [-0.39, 0.29) is 0 Å². The van der Waals surface area contributed by atoms with Crippen LogP contribution in [0.5, 0.6) is 5.75 Å². The van der Waals surface area contributed by atoms with Crippen molar-refractivity contribution in [3.05, 3.63) is 23.8 Å². The molecule has 0 spiro atoms. The summed E-state index contributed by atoms with van der Waals surface area (Å²) in [5.74, 6) is 0.768. The molecule has 0 bridgehead atoms. The number of benzene rings is 1. The number of anilines is 1. The van der Waals surface area contributed by atoms with Gasteiger partial charge in [-0.3, -0.25) is 0 Å². The van der Waals surface area contributed by atoms with E-state index in [2.05, 4.69) is 30.0 Å². The molecular formula is C16H26N2O2. The van der Waals surface area contributed by atoms with Crippen molar-refractivity contribution in [1.82, 2.24) is 4.90 Å². The molecule has 1 aliphatic heterocycles. The van der Waals surface area contributed by atoms with Gasteiger partial charge in [0.25, 0.3) is 0 Å². The Morgan fingerprint density at radius 1 is 1.40 bits per heavy atom. The maximum absolute atomic E-state index is 10.1. The molecule has 0 radical (unpaired) electrons. The predicted molar refractivity (Wildman–Crippen MR) is 82.5 cm³/mol. The average molecular weight is 278 g/mol. The molecule has 4 heteroatoms. The van der Waals surface area contributed by atoms with Crippen LogP contribution in [0.2, 0.25) is 0 Å². The molecule has 0 amide bonds. The first kappa shape index (κ1) is 15.1. The molecule has 0 aliphatic carbocycles.